The van der Waals surface area contributed by atoms with Crippen LogP contribution in [-0.4, -0.2) is 35.2 Å². The van der Waals surface area contributed by atoms with Crippen molar-refractivity contribution in [3.8, 4) is 0 Å². The maximum absolute atomic E-state index is 13.3. The highest BCUT2D eigenvalue weighted by molar-refractivity contribution is 5.99. The molecule has 4 rings (SSSR count). The molecule has 7 heteroatoms. The van der Waals surface area contributed by atoms with Gasteiger partial charge in [0.2, 0.25) is 0 Å². The first-order valence-corrected chi connectivity index (χ1v) is 9.64. The minimum Gasteiger partial charge on any atom is -0.389 e. The Bertz CT molecular complexity index is 1030. The van der Waals surface area contributed by atoms with Gasteiger partial charge in [0, 0.05) is 11.9 Å². The number of β-amino-alcohol motifs (C(OH)–C–C–N with tert-alkyl or cyclic N) is 1. The summed E-state index contributed by atoms with van der Waals surface area (Å²) in [5.41, 5.74) is 3.31. The Balaban J connectivity index is 0.00000160. The number of rotatable bonds is 3. The molecule has 1 aliphatic heterocycles. The number of carbonyl (C=O) groups is 1. The normalized spacial score (nSPS) is 20.7. The predicted molar refractivity (Wildman–Crippen MR) is 125 cm³/mol. The fourth-order valence-corrected chi connectivity index (χ4v) is 4.05. The fraction of sp³-hybridized carbons (Fsp3) is 0.304. The number of carbonyl (C=O) groups excluding carboxylic acids is 1. The average molecular weight is 448 g/mol. The molecule has 3 aromatic rings. The first-order chi connectivity index (χ1) is 13.5. The maximum Gasteiger partial charge on any atom is 0.253 e. The van der Waals surface area contributed by atoms with Crippen molar-refractivity contribution in [2.45, 2.75) is 31.9 Å². The summed E-state index contributed by atoms with van der Waals surface area (Å²) >= 11 is 0. The molecule has 160 valence electrons. The number of nitrogens with one attached hydrogen (secondary N) is 2. The minimum atomic E-state index is -0.822. The van der Waals surface area contributed by atoms with Crippen LogP contribution in [-0.2, 0) is 5.54 Å². The van der Waals surface area contributed by atoms with Crippen molar-refractivity contribution in [2.24, 2.45) is 0 Å². The zero-order valence-corrected chi connectivity index (χ0v) is 18.6. The van der Waals surface area contributed by atoms with Crippen molar-refractivity contribution < 1.29 is 9.90 Å². The van der Waals surface area contributed by atoms with Gasteiger partial charge < -0.3 is 15.7 Å². The van der Waals surface area contributed by atoms with Gasteiger partial charge in [-0.25, -0.2) is 0 Å². The molecule has 0 spiro atoms. The molecule has 2 aromatic carbocycles. The summed E-state index contributed by atoms with van der Waals surface area (Å²) in [6, 6.07) is 17.6. The van der Waals surface area contributed by atoms with E-state index < -0.39 is 11.6 Å². The van der Waals surface area contributed by atoms with E-state index in [1.807, 2.05) is 68.4 Å². The van der Waals surface area contributed by atoms with Crippen LogP contribution in [0.4, 0.5) is 0 Å². The summed E-state index contributed by atoms with van der Waals surface area (Å²) in [7, 11) is 0. The number of amides is 1. The number of hydrogen-bond acceptors (Lipinski definition) is 4. The highest BCUT2D eigenvalue weighted by atomic mass is 35.5. The molecule has 0 radical (unpaired) electrons. The lowest BCUT2D eigenvalue weighted by molar-refractivity contribution is 0.0289. The second-order valence-corrected chi connectivity index (χ2v) is 7.58. The van der Waals surface area contributed by atoms with E-state index in [1.54, 1.807) is 0 Å². The summed E-state index contributed by atoms with van der Waals surface area (Å²) in [5, 5.41) is 18.2. The van der Waals surface area contributed by atoms with E-state index in [2.05, 4.69) is 15.6 Å². The van der Waals surface area contributed by atoms with Crippen LogP contribution in [0.1, 0.15) is 33.6 Å². The molecule has 1 fully saturated rings. The number of nitrogens with zero attached hydrogens (tertiary/aromatic N) is 1. The molecular weight excluding hydrogens is 421 g/mol. The molecular formula is C23H27Cl2N3O2. The number of benzene rings is 2. The van der Waals surface area contributed by atoms with Crippen molar-refractivity contribution in [3.63, 3.8) is 0 Å². The molecule has 1 saturated heterocycles. The Morgan fingerprint density at radius 1 is 1.13 bits per heavy atom. The first-order valence-electron chi connectivity index (χ1n) is 9.64. The third kappa shape index (κ3) is 4.44. The second-order valence-electron chi connectivity index (χ2n) is 7.58. The summed E-state index contributed by atoms with van der Waals surface area (Å²) in [6.07, 6.45) is -0.105. The Morgan fingerprint density at radius 2 is 1.87 bits per heavy atom. The van der Waals surface area contributed by atoms with E-state index in [9.17, 15) is 9.90 Å². The summed E-state index contributed by atoms with van der Waals surface area (Å²) in [4.78, 5) is 17.9. The van der Waals surface area contributed by atoms with Crippen molar-refractivity contribution in [2.75, 3.05) is 13.1 Å². The highest BCUT2D eigenvalue weighted by Gasteiger charge is 2.43. The van der Waals surface area contributed by atoms with Crippen LogP contribution in [0.5, 0.6) is 0 Å². The summed E-state index contributed by atoms with van der Waals surface area (Å²) < 4.78 is 0. The number of aromatic nitrogens is 1. The average Bonchev–Trinajstić information content (AvgIpc) is 2.70. The molecule has 1 amide bonds. The standard InChI is InChI=1S/C23H25N3O2.2ClH/c1-15-8-9-20-17(12-15)13-19(16(2)25-20)22(28)26-23(10-11-24-14-21(23)27)18-6-4-3-5-7-18;;/h3-9,12-13,21,24,27H,10-11,14H2,1-2H3,(H,26,28);2*1H/t21-,23+;;/m1../s1. The second kappa shape index (κ2) is 9.75. The number of aliphatic hydroxyl groups is 1. The number of fused-ring (bicyclic) bond motifs is 1. The van der Waals surface area contributed by atoms with Gasteiger partial charge in [-0.3, -0.25) is 9.78 Å². The van der Waals surface area contributed by atoms with Gasteiger partial charge in [0.25, 0.3) is 5.91 Å². The Morgan fingerprint density at radius 3 is 2.57 bits per heavy atom. The lowest BCUT2D eigenvalue weighted by atomic mass is 9.79. The van der Waals surface area contributed by atoms with Crippen LogP contribution >= 0.6 is 24.8 Å². The van der Waals surface area contributed by atoms with Gasteiger partial charge >= 0.3 is 0 Å². The molecule has 1 aliphatic rings. The molecule has 0 saturated carbocycles. The zero-order chi connectivity index (χ0) is 19.7. The number of piperidine rings is 1. The van der Waals surface area contributed by atoms with E-state index in [4.69, 9.17) is 0 Å². The summed E-state index contributed by atoms with van der Waals surface area (Å²) in [5.74, 6) is -0.210. The Labute approximate surface area is 189 Å². The molecule has 30 heavy (non-hydrogen) atoms. The topological polar surface area (TPSA) is 74.2 Å². The van der Waals surface area contributed by atoms with Gasteiger partial charge in [0.1, 0.15) is 0 Å². The number of aryl methyl sites for hydroxylation is 2. The van der Waals surface area contributed by atoms with Crippen LogP contribution in [0.2, 0.25) is 0 Å². The zero-order valence-electron chi connectivity index (χ0n) is 17.0. The molecule has 3 N–H and O–H groups in total. The highest BCUT2D eigenvalue weighted by Crippen LogP contribution is 2.32. The molecule has 2 atom stereocenters. The third-order valence-corrected chi connectivity index (χ3v) is 5.63. The maximum atomic E-state index is 13.3. The summed E-state index contributed by atoms with van der Waals surface area (Å²) in [6.45, 7) is 5.03. The third-order valence-electron chi connectivity index (χ3n) is 5.63. The van der Waals surface area contributed by atoms with Crippen LogP contribution in [0, 0.1) is 13.8 Å². The minimum absolute atomic E-state index is 0. The molecule has 5 nitrogen and oxygen atoms in total. The van der Waals surface area contributed by atoms with Crippen LogP contribution in [0.15, 0.2) is 54.6 Å². The van der Waals surface area contributed by atoms with Gasteiger partial charge in [-0.2, -0.15) is 0 Å². The molecule has 0 aliphatic carbocycles. The van der Waals surface area contributed by atoms with Crippen LogP contribution in [0.25, 0.3) is 10.9 Å². The van der Waals surface area contributed by atoms with E-state index in [0.717, 1.165) is 28.6 Å². The van der Waals surface area contributed by atoms with E-state index in [-0.39, 0.29) is 30.7 Å². The molecule has 1 aromatic heterocycles. The quantitative estimate of drug-likeness (QED) is 0.572. The number of hydrogen-bond donors (Lipinski definition) is 3. The van der Waals surface area contributed by atoms with Gasteiger partial charge in [-0.1, -0.05) is 42.0 Å². The van der Waals surface area contributed by atoms with Gasteiger partial charge in [0.15, 0.2) is 0 Å². The largest absolute Gasteiger partial charge is 0.389 e. The number of pyridine rings is 1. The van der Waals surface area contributed by atoms with Crippen LogP contribution < -0.4 is 10.6 Å². The number of aliphatic hydroxyl groups excluding tert-OH is 1. The van der Waals surface area contributed by atoms with E-state index in [1.165, 1.54) is 0 Å². The number of halogens is 2. The Kier molecular flexibility index (Phi) is 7.83. The molecule has 2 heterocycles. The molecule has 0 unspecified atom stereocenters. The van der Waals surface area contributed by atoms with Crippen molar-refractivity contribution in [1.82, 2.24) is 15.6 Å². The van der Waals surface area contributed by atoms with Crippen molar-refractivity contribution in [1.29, 1.82) is 0 Å². The smallest absolute Gasteiger partial charge is 0.253 e. The lowest BCUT2D eigenvalue weighted by Crippen LogP contribution is -2.61. The SMILES string of the molecule is Cc1ccc2nc(C)c(C(=O)N[C@]3(c4ccccc4)CCNC[C@H]3O)cc2c1.Cl.Cl. The first kappa shape index (κ1) is 24.1. The van der Waals surface area contributed by atoms with Gasteiger partial charge in [0.05, 0.1) is 28.4 Å². The monoisotopic (exact) mass is 447 g/mol. The molecule has 0 bridgehead atoms. The van der Waals surface area contributed by atoms with Crippen molar-refractivity contribution >= 4 is 41.6 Å². The fourth-order valence-electron chi connectivity index (χ4n) is 4.05. The predicted octanol–water partition coefficient (Wildman–Crippen LogP) is 3.67. The van der Waals surface area contributed by atoms with E-state index >= 15 is 0 Å². The van der Waals surface area contributed by atoms with Gasteiger partial charge in [-0.15, -0.1) is 24.8 Å². The van der Waals surface area contributed by atoms with Gasteiger partial charge in [-0.05, 0) is 50.6 Å². The lowest BCUT2D eigenvalue weighted by Gasteiger charge is -2.43. The van der Waals surface area contributed by atoms with Crippen molar-refractivity contribution in [3.05, 3.63) is 77.0 Å². The van der Waals surface area contributed by atoms with E-state index in [0.29, 0.717) is 24.2 Å². The van der Waals surface area contributed by atoms with Crippen LogP contribution in [0.3, 0.4) is 0 Å². The Hall–Kier alpha value is -2.18.